The van der Waals surface area contributed by atoms with Gasteiger partial charge in [0.05, 0.1) is 37.2 Å². The zero-order chi connectivity index (χ0) is 21.8. The van der Waals surface area contributed by atoms with E-state index in [9.17, 15) is 14.0 Å². The molecule has 2 atom stereocenters. The molecule has 2 aromatic heterocycles. The predicted molar refractivity (Wildman–Crippen MR) is 109 cm³/mol. The molecular weight excluding hydrogens is 401 g/mol. The maximum absolute atomic E-state index is 14.1. The van der Waals surface area contributed by atoms with Crippen LogP contribution in [0.25, 0.3) is 0 Å². The number of likely N-dealkylation sites (tertiary alicyclic amines) is 1. The van der Waals surface area contributed by atoms with E-state index in [1.807, 2.05) is 30.3 Å². The Kier molecular flexibility index (Phi) is 5.96. The third-order valence-electron chi connectivity index (χ3n) is 5.09. The van der Waals surface area contributed by atoms with Gasteiger partial charge < -0.3 is 10.2 Å². The van der Waals surface area contributed by atoms with Crippen LogP contribution in [-0.4, -0.2) is 60.4 Å². The smallest absolute Gasteiger partial charge is 0.274 e. The molecule has 1 saturated heterocycles. The Balaban J connectivity index is 1.40. The maximum atomic E-state index is 14.1. The fraction of sp³-hybridized carbons (Fsp3) is 0.333. The summed E-state index contributed by atoms with van der Waals surface area (Å²) in [6, 6.07) is 9.09. The van der Waals surface area contributed by atoms with Crippen molar-refractivity contribution in [3.05, 3.63) is 71.6 Å². The molecule has 1 aliphatic rings. The summed E-state index contributed by atoms with van der Waals surface area (Å²) in [7, 11) is 0. The lowest BCUT2D eigenvalue weighted by Crippen LogP contribution is -2.39. The highest BCUT2D eigenvalue weighted by atomic mass is 19.1. The number of nitrogens with zero attached hydrogens (tertiary/aromatic N) is 6. The minimum atomic E-state index is -1.13. The second-order valence-electron chi connectivity index (χ2n) is 7.48. The van der Waals surface area contributed by atoms with E-state index < -0.39 is 12.2 Å². The SMILES string of the molecule is Cc1cnc(C(=O)N2CC(F)CC2Cn2cc(C(=O)NCc3ccccc3)nn2)cn1. The fourth-order valence-electron chi connectivity index (χ4n) is 3.51. The van der Waals surface area contributed by atoms with Gasteiger partial charge in [-0.25, -0.2) is 14.1 Å². The quantitative estimate of drug-likeness (QED) is 0.645. The van der Waals surface area contributed by atoms with E-state index in [4.69, 9.17) is 0 Å². The lowest BCUT2D eigenvalue weighted by Gasteiger charge is -2.23. The van der Waals surface area contributed by atoms with E-state index in [2.05, 4.69) is 25.6 Å². The van der Waals surface area contributed by atoms with E-state index in [1.54, 1.807) is 6.92 Å². The topological polar surface area (TPSA) is 106 Å². The van der Waals surface area contributed by atoms with Gasteiger partial charge in [0.1, 0.15) is 11.9 Å². The number of amides is 2. The van der Waals surface area contributed by atoms with Gasteiger partial charge in [0, 0.05) is 19.2 Å². The van der Waals surface area contributed by atoms with Crippen LogP contribution in [0.1, 0.15) is 38.7 Å². The van der Waals surface area contributed by atoms with Crippen LogP contribution in [0.2, 0.25) is 0 Å². The van der Waals surface area contributed by atoms with Crippen molar-refractivity contribution in [2.24, 2.45) is 0 Å². The van der Waals surface area contributed by atoms with E-state index >= 15 is 0 Å². The predicted octanol–water partition coefficient (Wildman–Crippen LogP) is 1.56. The average Bonchev–Trinajstić information content (AvgIpc) is 3.39. The van der Waals surface area contributed by atoms with Crippen LogP contribution in [0, 0.1) is 6.92 Å². The summed E-state index contributed by atoms with van der Waals surface area (Å²) >= 11 is 0. The normalized spacial score (nSPS) is 18.2. The largest absolute Gasteiger partial charge is 0.347 e. The second-order valence-corrected chi connectivity index (χ2v) is 7.48. The highest BCUT2D eigenvalue weighted by Gasteiger charge is 2.36. The van der Waals surface area contributed by atoms with Gasteiger partial charge in [-0.05, 0) is 12.5 Å². The third-order valence-corrected chi connectivity index (χ3v) is 5.09. The number of carbonyl (C=O) groups is 2. The number of alkyl halides is 1. The highest BCUT2D eigenvalue weighted by Crippen LogP contribution is 2.23. The lowest BCUT2D eigenvalue weighted by molar-refractivity contribution is 0.0707. The van der Waals surface area contributed by atoms with Crippen LogP contribution in [0.15, 0.2) is 48.9 Å². The van der Waals surface area contributed by atoms with Crippen LogP contribution in [-0.2, 0) is 13.1 Å². The van der Waals surface area contributed by atoms with Crippen molar-refractivity contribution in [1.29, 1.82) is 0 Å². The monoisotopic (exact) mass is 423 g/mol. The number of carbonyl (C=O) groups excluding carboxylic acids is 2. The van der Waals surface area contributed by atoms with Gasteiger partial charge in [0.25, 0.3) is 11.8 Å². The Bertz CT molecular complexity index is 1060. The molecule has 10 heteroatoms. The molecule has 1 N–H and O–H groups in total. The van der Waals surface area contributed by atoms with Crippen molar-refractivity contribution in [2.45, 2.75) is 38.6 Å². The standard InChI is InChI=1S/C21H22FN7O2/c1-14-8-24-18(10-23-14)21(31)29-11-16(22)7-17(29)12-28-13-19(26-27-28)20(30)25-9-15-5-3-2-4-6-15/h2-6,8,10,13,16-17H,7,9,11-12H2,1H3,(H,25,30). The van der Waals surface area contributed by atoms with Crippen molar-refractivity contribution in [3.63, 3.8) is 0 Å². The van der Waals surface area contributed by atoms with Gasteiger partial charge in [0.15, 0.2) is 5.69 Å². The van der Waals surface area contributed by atoms with Crippen molar-refractivity contribution in [3.8, 4) is 0 Å². The van der Waals surface area contributed by atoms with Gasteiger partial charge in [-0.3, -0.25) is 14.6 Å². The maximum Gasteiger partial charge on any atom is 0.274 e. The molecule has 9 nitrogen and oxygen atoms in total. The Morgan fingerprint density at radius 1 is 1.16 bits per heavy atom. The molecule has 2 amide bonds. The van der Waals surface area contributed by atoms with E-state index in [0.717, 1.165) is 5.56 Å². The average molecular weight is 423 g/mol. The summed E-state index contributed by atoms with van der Waals surface area (Å²) in [5.41, 5.74) is 1.99. The van der Waals surface area contributed by atoms with Gasteiger partial charge in [-0.15, -0.1) is 5.10 Å². The van der Waals surface area contributed by atoms with Gasteiger partial charge in [-0.2, -0.15) is 0 Å². The molecule has 0 bridgehead atoms. The third kappa shape index (κ3) is 4.90. The zero-order valence-electron chi connectivity index (χ0n) is 17.0. The molecule has 31 heavy (non-hydrogen) atoms. The first-order chi connectivity index (χ1) is 15.0. The highest BCUT2D eigenvalue weighted by molar-refractivity contribution is 5.92. The molecule has 4 rings (SSSR count). The number of hydrogen-bond acceptors (Lipinski definition) is 6. The number of aryl methyl sites for hydroxylation is 1. The molecule has 1 aliphatic heterocycles. The van der Waals surface area contributed by atoms with Crippen LogP contribution >= 0.6 is 0 Å². The molecule has 1 fully saturated rings. The Labute approximate surface area is 178 Å². The summed E-state index contributed by atoms with van der Waals surface area (Å²) in [6.07, 6.45) is 3.44. The molecule has 0 saturated carbocycles. The van der Waals surface area contributed by atoms with Crippen LogP contribution in [0.5, 0.6) is 0 Å². The molecule has 1 aromatic carbocycles. The summed E-state index contributed by atoms with van der Waals surface area (Å²) in [6.45, 7) is 2.36. The number of halogens is 1. The minimum Gasteiger partial charge on any atom is -0.347 e. The number of aromatic nitrogens is 5. The summed E-state index contributed by atoms with van der Waals surface area (Å²) in [5, 5.41) is 10.7. The first kappa shape index (κ1) is 20.6. The van der Waals surface area contributed by atoms with Crippen molar-refractivity contribution < 1.29 is 14.0 Å². The zero-order valence-corrected chi connectivity index (χ0v) is 17.0. The molecule has 0 radical (unpaired) electrons. The molecule has 0 spiro atoms. The van der Waals surface area contributed by atoms with Crippen LogP contribution in [0.4, 0.5) is 4.39 Å². The molecule has 0 aliphatic carbocycles. The Hall–Kier alpha value is -3.69. The number of benzene rings is 1. The summed E-state index contributed by atoms with van der Waals surface area (Å²) in [5.74, 6) is -0.730. The van der Waals surface area contributed by atoms with E-state index in [1.165, 1.54) is 28.2 Å². The van der Waals surface area contributed by atoms with Crippen molar-refractivity contribution >= 4 is 11.8 Å². The Morgan fingerprint density at radius 3 is 2.71 bits per heavy atom. The molecule has 3 aromatic rings. The number of hydrogen-bond donors (Lipinski definition) is 1. The molecule has 2 unspecified atom stereocenters. The van der Waals surface area contributed by atoms with Gasteiger partial charge in [-0.1, -0.05) is 35.5 Å². The van der Waals surface area contributed by atoms with Crippen molar-refractivity contribution in [1.82, 2.24) is 35.2 Å². The van der Waals surface area contributed by atoms with Crippen LogP contribution in [0.3, 0.4) is 0 Å². The first-order valence-electron chi connectivity index (χ1n) is 9.95. The van der Waals surface area contributed by atoms with E-state index in [-0.39, 0.29) is 42.7 Å². The number of rotatable bonds is 6. The van der Waals surface area contributed by atoms with Crippen molar-refractivity contribution in [2.75, 3.05) is 6.54 Å². The molecule has 3 heterocycles. The molecule has 160 valence electrons. The fourth-order valence-corrected chi connectivity index (χ4v) is 3.51. The van der Waals surface area contributed by atoms with Crippen LogP contribution < -0.4 is 5.32 Å². The minimum absolute atomic E-state index is 0.0157. The molecular formula is C21H22FN7O2. The van der Waals surface area contributed by atoms with Gasteiger partial charge >= 0.3 is 0 Å². The van der Waals surface area contributed by atoms with E-state index in [0.29, 0.717) is 12.2 Å². The van der Waals surface area contributed by atoms with Gasteiger partial charge in [0.2, 0.25) is 0 Å². The second kappa shape index (κ2) is 8.99. The number of nitrogens with one attached hydrogen (secondary N) is 1. The summed E-state index contributed by atoms with van der Waals surface area (Å²) < 4.78 is 15.6. The Morgan fingerprint density at radius 2 is 1.97 bits per heavy atom. The first-order valence-corrected chi connectivity index (χ1v) is 9.95. The summed E-state index contributed by atoms with van der Waals surface area (Å²) in [4.78, 5) is 34.8. The lowest BCUT2D eigenvalue weighted by atomic mass is 10.2.